The summed E-state index contributed by atoms with van der Waals surface area (Å²) in [6, 6.07) is 7.34. The van der Waals surface area contributed by atoms with Crippen LogP contribution in [0, 0.1) is 0 Å². The molecule has 0 aromatic heterocycles. The van der Waals surface area contributed by atoms with E-state index in [-0.39, 0.29) is 12.0 Å². The SMILES string of the molecule is CCC(F)(c1ccccc1)S(=O)(=O)O. The molecule has 3 nitrogen and oxygen atoms in total. The smallest absolute Gasteiger partial charge is 0.283 e. The molecule has 14 heavy (non-hydrogen) atoms. The van der Waals surface area contributed by atoms with Crippen LogP contribution in [0.15, 0.2) is 30.3 Å². The van der Waals surface area contributed by atoms with Crippen LogP contribution in [0.3, 0.4) is 0 Å². The summed E-state index contributed by atoms with van der Waals surface area (Å²) in [6.45, 7) is 1.36. The van der Waals surface area contributed by atoms with Gasteiger partial charge in [0.2, 0.25) is 0 Å². The highest BCUT2D eigenvalue weighted by molar-refractivity contribution is 7.86. The fourth-order valence-corrected chi connectivity index (χ4v) is 2.02. The maximum absolute atomic E-state index is 13.9. The quantitative estimate of drug-likeness (QED) is 0.790. The first-order valence-corrected chi connectivity index (χ1v) is 5.57. The van der Waals surface area contributed by atoms with Crippen molar-refractivity contribution in [3.05, 3.63) is 35.9 Å². The first kappa shape index (κ1) is 11.1. The highest BCUT2D eigenvalue weighted by Gasteiger charge is 2.43. The zero-order valence-electron chi connectivity index (χ0n) is 7.64. The van der Waals surface area contributed by atoms with Crippen molar-refractivity contribution >= 4 is 10.1 Å². The molecule has 0 amide bonds. The van der Waals surface area contributed by atoms with E-state index in [0.29, 0.717) is 0 Å². The maximum atomic E-state index is 13.9. The van der Waals surface area contributed by atoms with Crippen LogP contribution in [0.25, 0.3) is 0 Å². The molecule has 1 atom stereocenters. The Kier molecular flexibility index (Phi) is 2.92. The molecule has 1 N–H and O–H groups in total. The number of rotatable bonds is 3. The molecule has 1 aromatic rings. The van der Waals surface area contributed by atoms with Gasteiger partial charge in [0.25, 0.3) is 5.00 Å². The molecule has 0 aliphatic rings. The van der Waals surface area contributed by atoms with Crippen molar-refractivity contribution in [2.75, 3.05) is 0 Å². The van der Waals surface area contributed by atoms with E-state index in [4.69, 9.17) is 4.55 Å². The fraction of sp³-hybridized carbons (Fsp3) is 0.333. The Morgan fingerprint density at radius 2 is 1.86 bits per heavy atom. The second kappa shape index (κ2) is 3.67. The number of hydrogen-bond donors (Lipinski definition) is 1. The second-order valence-electron chi connectivity index (χ2n) is 2.92. The van der Waals surface area contributed by atoms with Gasteiger partial charge in [0.15, 0.2) is 0 Å². The highest BCUT2D eigenvalue weighted by Crippen LogP contribution is 2.34. The summed E-state index contributed by atoms with van der Waals surface area (Å²) in [5.41, 5.74) is -0.0509. The van der Waals surface area contributed by atoms with Crippen LogP contribution < -0.4 is 0 Å². The summed E-state index contributed by atoms with van der Waals surface area (Å²) in [5.74, 6) is 0. The molecular formula is C9H11FO3S. The molecule has 0 spiro atoms. The van der Waals surface area contributed by atoms with Crippen LogP contribution in [0.2, 0.25) is 0 Å². The number of hydrogen-bond acceptors (Lipinski definition) is 2. The molecule has 0 saturated carbocycles. The molecule has 1 aromatic carbocycles. The number of halogens is 1. The Bertz CT molecular complexity index is 401. The van der Waals surface area contributed by atoms with Gasteiger partial charge in [-0.1, -0.05) is 37.3 Å². The lowest BCUT2D eigenvalue weighted by Crippen LogP contribution is -2.29. The summed E-state index contributed by atoms with van der Waals surface area (Å²) >= 11 is 0. The standard InChI is InChI=1S/C9H11FO3S/c1-2-9(10,14(11,12)13)8-6-4-3-5-7-8/h3-7H,2H2,1H3,(H,11,12,13). The van der Waals surface area contributed by atoms with Crippen molar-refractivity contribution < 1.29 is 17.4 Å². The van der Waals surface area contributed by atoms with Crippen molar-refractivity contribution in [2.45, 2.75) is 18.3 Å². The van der Waals surface area contributed by atoms with Crippen molar-refractivity contribution in [3.63, 3.8) is 0 Å². The van der Waals surface area contributed by atoms with E-state index < -0.39 is 15.1 Å². The van der Waals surface area contributed by atoms with Gasteiger partial charge in [-0.25, -0.2) is 4.39 Å². The third-order valence-corrected chi connectivity index (χ3v) is 3.41. The van der Waals surface area contributed by atoms with E-state index in [1.54, 1.807) is 6.07 Å². The van der Waals surface area contributed by atoms with Crippen LogP contribution in [-0.2, 0) is 15.1 Å². The van der Waals surface area contributed by atoms with E-state index in [0.717, 1.165) is 0 Å². The lowest BCUT2D eigenvalue weighted by molar-refractivity contribution is 0.240. The molecular weight excluding hydrogens is 207 g/mol. The largest absolute Gasteiger partial charge is 0.304 e. The molecule has 0 bridgehead atoms. The van der Waals surface area contributed by atoms with Gasteiger partial charge in [-0.15, -0.1) is 0 Å². The van der Waals surface area contributed by atoms with Gasteiger partial charge in [0.1, 0.15) is 0 Å². The number of alkyl halides is 1. The normalized spacial score (nSPS) is 16.2. The minimum Gasteiger partial charge on any atom is -0.283 e. The summed E-state index contributed by atoms with van der Waals surface area (Å²) < 4.78 is 44.4. The van der Waals surface area contributed by atoms with Gasteiger partial charge in [-0.05, 0) is 6.42 Å². The third kappa shape index (κ3) is 1.78. The molecule has 78 valence electrons. The van der Waals surface area contributed by atoms with Crippen molar-refractivity contribution in [1.82, 2.24) is 0 Å². The van der Waals surface area contributed by atoms with Gasteiger partial charge < -0.3 is 0 Å². The van der Waals surface area contributed by atoms with E-state index in [2.05, 4.69) is 0 Å². The van der Waals surface area contributed by atoms with E-state index in [1.165, 1.54) is 31.2 Å². The Morgan fingerprint density at radius 1 is 1.36 bits per heavy atom. The minimum atomic E-state index is -4.73. The summed E-state index contributed by atoms with van der Waals surface area (Å²) in [7, 11) is -4.73. The zero-order valence-corrected chi connectivity index (χ0v) is 8.46. The molecule has 0 aliphatic carbocycles. The molecule has 0 fully saturated rings. The van der Waals surface area contributed by atoms with Crippen molar-refractivity contribution in [3.8, 4) is 0 Å². The van der Waals surface area contributed by atoms with Gasteiger partial charge in [0, 0.05) is 5.56 Å². The lowest BCUT2D eigenvalue weighted by atomic mass is 10.1. The minimum absolute atomic E-state index is 0.0509. The first-order valence-electron chi connectivity index (χ1n) is 4.13. The lowest BCUT2D eigenvalue weighted by Gasteiger charge is -2.20. The average Bonchev–Trinajstić information content (AvgIpc) is 2.16. The summed E-state index contributed by atoms with van der Waals surface area (Å²) in [4.78, 5) is 0. The van der Waals surface area contributed by atoms with Crippen LogP contribution in [0.1, 0.15) is 18.9 Å². The van der Waals surface area contributed by atoms with Gasteiger partial charge in [-0.2, -0.15) is 8.42 Å². The summed E-state index contributed by atoms with van der Waals surface area (Å²) in [6.07, 6.45) is -0.324. The highest BCUT2D eigenvalue weighted by atomic mass is 32.2. The first-order chi connectivity index (χ1) is 6.42. The molecule has 0 aliphatic heterocycles. The second-order valence-corrected chi connectivity index (χ2v) is 4.52. The Balaban J connectivity index is 3.30. The van der Waals surface area contributed by atoms with Crippen LogP contribution in [-0.4, -0.2) is 13.0 Å². The fourth-order valence-electron chi connectivity index (χ4n) is 1.22. The van der Waals surface area contributed by atoms with Crippen molar-refractivity contribution in [2.24, 2.45) is 0 Å². The maximum Gasteiger partial charge on any atom is 0.304 e. The molecule has 5 heteroatoms. The topological polar surface area (TPSA) is 54.4 Å². The van der Waals surface area contributed by atoms with E-state index in [9.17, 15) is 12.8 Å². The number of benzene rings is 1. The van der Waals surface area contributed by atoms with Crippen LogP contribution in [0.5, 0.6) is 0 Å². The molecule has 0 heterocycles. The monoisotopic (exact) mass is 218 g/mol. The summed E-state index contributed by atoms with van der Waals surface area (Å²) in [5, 5.41) is -2.70. The van der Waals surface area contributed by atoms with E-state index in [1.807, 2.05) is 0 Å². The Labute approximate surface area is 82.3 Å². The van der Waals surface area contributed by atoms with Gasteiger partial charge in [-0.3, -0.25) is 4.55 Å². The molecule has 0 saturated heterocycles. The predicted octanol–water partition coefficient (Wildman–Crippen LogP) is 2.11. The molecule has 1 unspecified atom stereocenters. The predicted molar refractivity (Wildman–Crippen MR) is 51.1 cm³/mol. The molecule has 1 rings (SSSR count). The zero-order chi connectivity index (χ0) is 10.8. The van der Waals surface area contributed by atoms with Gasteiger partial charge in [0.05, 0.1) is 0 Å². The Morgan fingerprint density at radius 3 is 2.21 bits per heavy atom. The van der Waals surface area contributed by atoms with Gasteiger partial charge >= 0.3 is 10.1 Å². The van der Waals surface area contributed by atoms with Crippen LogP contribution >= 0.6 is 0 Å². The third-order valence-electron chi connectivity index (χ3n) is 2.07. The Hall–Kier alpha value is -0.940. The molecule has 0 radical (unpaired) electrons. The average molecular weight is 218 g/mol. The van der Waals surface area contributed by atoms with E-state index >= 15 is 0 Å². The van der Waals surface area contributed by atoms with Crippen LogP contribution in [0.4, 0.5) is 4.39 Å². The van der Waals surface area contributed by atoms with Crippen molar-refractivity contribution in [1.29, 1.82) is 0 Å².